The molecule has 0 aliphatic carbocycles. The van der Waals surface area contributed by atoms with Gasteiger partial charge < -0.3 is 46.9 Å². The first-order chi connectivity index (χ1) is 16.8. The van der Waals surface area contributed by atoms with E-state index in [9.17, 15) is 24.0 Å². The van der Waals surface area contributed by atoms with Crippen LogP contribution in [0.5, 0.6) is 0 Å². The van der Waals surface area contributed by atoms with Crippen molar-refractivity contribution in [2.75, 3.05) is 77.8 Å². The van der Waals surface area contributed by atoms with Gasteiger partial charge in [-0.05, 0) is 0 Å². The van der Waals surface area contributed by atoms with Crippen molar-refractivity contribution in [1.82, 2.24) is 21.3 Å². The Hall–Kier alpha value is -2.46. The number of carbonyl (C=O) groups is 5. The molecule has 8 N–H and O–H groups in total. The summed E-state index contributed by atoms with van der Waals surface area (Å²) in [5.41, 5.74) is 10.7. The van der Waals surface area contributed by atoms with Gasteiger partial charge in [0.2, 0.25) is 29.5 Å². The van der Waals surface area contributed by atoms with Crippen LogP contribution in [0.2, 0.25) is 0 Å². The first-order valence-electron chi connectivity index (χ1n) is 11.1. The van der Waals surface area contributed by atoms with Crippen LogP contribution in [-0.4, -0.2) is 113 Å². The molecule has 0 aromatic rings. The second-order valence-electron chi connectivity index (χ2n) is 7.02. The highest BCUT2D eigenvalue weighted by atomic mass is 32.2. The fraction of sp³-hybridized carbons (Fsp3) is 0.750. The van der Waals surface area contributed by atoms with E-state index in [1.165, 1.54) is 18.8 Å². The van der Waals surface area contributed by atoms with E-state index in [0.29, 0.717) is 33.0 Å². The lowest BCUT2D eigenvalue weighted by molar-refractivity contribution is -0.125. The molecule has 0 heterocycles. The number of carbonyl (C=O) groups excluding carboxylic acids is 5. The number of ether oxygens (including phenoxy) is 3. The Kier molecular flexibility index (Phi) is 20.5. The molecule has 5 amide bonds. The second-order valence-corrected chi connectivity index (χ2v) is 8.05. The Morgan fingerprint density at radius 3 is 2.03 bits per heavy atom. The molecule has 0 saturated heterocycles. The molecule has 35 heavy (non-hydrogen) atoms. The summed E-state index contributed by atoms with van der Waals surface area (Å²) < 4.78 is 15.9. The highest BCUT2D eigenvalue weighted by molar-refractivity contribution is 8.00. The van der Waals surface area contributed by atoms with Crippen molar-refractivity contribution in [3.05, 3.63) is 0 Å². The van der Waals surface area contributed by atoms with E-state index in [4.69, 9.17) is 25.7 Å². The quantitative estimate of drug-likeness (QED) is 0.0770. The molecule has 0 fully saturated rings. The molecule has 0 aromatic heterocycles. The molecule has 0 aromatic carbocycles. The highest BCUT2D eigenvalue weighted by Crippen LogP contribution is 2.01. The van der Waals surface area contributed by atoms with E-state index in [1.54, 1.807) is 0 Å². The third-order valence-electron chi connectivity index (χ3n) is 4.04. The highest BCUT2D eigenvalue weighted by Gasteiger charge is 2.13. The summed E-state index contributed by atoms with van der Waals surface area (Å²) in [6.07, 6.45) is 0.334. The van der Waals surface area contributed by atoms with E-state index in [-0.39, 0.29) is 74.2 Å². The number of thioether (sulfide) groups is 1. The smallest absolute Gasteiger partial charge is 0.237 e. The van der Waals surface area contributed by atoms with Crippen LogP contribution in [0.1, 0.15) is 12.8 Å². The summed E-state index contributed by atoms with van der Waals surface area (Å²) in [4.78, 5) is 56.5. The summed E-state index contributed by atoms with van der Waals surface area (Å²) in [5.74, 6) is -1.21. The minimum absolute atomic E-state index is 0.125. The minimum Gasteiger partial charge on any atom is -0.379 e. The fourth-order valence-electron chi connectivity index (χ4n) is 2.20. The van der Waals surface area contributed by atoms with Gasteiger partial charge in [-0.2, -0.15) is 0 Å². The summed E-state index contributed by atoms with van der Waals surface area (Å²) in [6.45, 7) is 2.18. The average Bonchev–Trinajstić information content (AvgIpc) is 2.82. The molecule has 0 aliphatic rings. The van der Waals surface area contributed by atoms with Gasteiger partial charge in [0.25, 0.3) is 0 Å². The van der Waals surface area contributed by atoms with Crippen molar-refractivity contribution in [2.24, 2.45) is 11.5 Å². The van der Waals surface area contributed by atoms with Crippen molar-refractivity contribution in [1.29, 1.82) is 0 Å². The number of rotatable bonds is 22. The van der Waals surface area contributed by atoms with Gasteiger partial charge in [0.15, 0.2) is 0 Å². The fourth-order valence-corrected chi connectivity index (χ4v) is 3.01. The van der Waals surface area contributed by atoms with Gasteiger partial charge in [-0.1, -0.05) is 0 Å². The molecule has 15 heteroatoms. The Bertz CT molecular complexity index is 655. The number of amides is 5. The third-order valence-corrected chi connectivity index (χ3v) is 5.10. The van der Waals surface area contributed by atoms with E-state index in [1.807, 2.05) is 0 Å². The topological polar surface area (TPSA) is 213 Å². The van der Waals surface area contributed by atoms with Gasteiger partial charge in [-0.25, -0.2) is 0 Å². The van der Waals surface area contributed by atoms with Gasteiger partial charge >= 0.3 is 0 Å². The van der Waals surface area contributed by atoms with E-state index >= 15 is 0 Å². The lowest BCUT2D eigenvalue weighted by Gasteiger charge is -2.12. The zero-order valence-electron chi connectivity index (χ0n) is 20.1. The Labute approximate surface area is 209 Å². The molecule has 0 saturated carbocycles. The summed E-state index contributed by atoms with van der Waals surface area (Å²) in [7, 11) is 1.53. The summed E-state index contributed by atoms with van der Waals surface area (Å²) >= 11 is 1.23. The first kappa shape index (κ1) is 32.5. The minimum atomic E-state index is -0.753. The van der Waals surface area contributed by atoms with Crippen molar-refractivity contribution in [3.8, 4) is 0 Å². The normalized spacial score (nSPS) is 11.4. The number of hydrogen-bond acceptors (Lipinski definition) is 10. The Morgan fingerprint density at radius 2 is 1.40 bits per heavy atom. The largest absolute Gasteiger partial charge is 0.379 e. The second kappa shape index (κ2) is 22.0. The molecule has 0 unspecified atom stereocenters. The Morgan fingerprint density at radius 1 is 0.771 bits per heavy atom. The maximum atomic E-state index is 11.9. The van der Waals surface area contributed by atoms with Crippen LogP contribution in [0.15, 0.2) is 0 Å². The number of hydrogen-bond donors (Lipinski definition) is 6. The summed E-state index contributed by atoms with van der Waals surface area (Å²) in [5, 5.41) is 10.1. The maximum Gasteiger partial charge on any atom is 0.237 e. The maximum absolute atomic E-state index is 11.9. The predicted octanol–water partition coefficient (Wildman–Crippen LogP) is -3.54. The van der Waals surface area contributed by atoms with E-state index in [2.05, 4.69) is 21.3 Å². The first-order valence-corrected chi connectivity index (χ1v) is 12.3. The van der Waals surface area contributed by atoms with Gasteiger partial charge in [-0.15, -0.1) is 11.8 Å². The van der Waals surface area contributed by atoms with Crippen LogP contribution in [0.25, 0.3) is 0 Å². The molecular formula is C20H38N6O8S. The number of nitrogens with two attached hydrogens (primary N) is 2. The van der Waals surface area contributed by atoms with Crippen LogP contribution in [0, 0.1) is 0 Å². The Balaban J connectivity index is 3.50. The lowest BCUT2D eigenvalue weighted by atomic mass is 10.3. The van der Waals surface area contributed by atoms with Gasteiger partial charge in [-0.3, -0.25) is 24.0 Å². The van der Waals surface area contributed by atoms with Crippen molar-refractivity contribution < 1.29 is 38.2 Å². The van der Waals surface area contributed by atoms with Crippen LogP contribution >= 0.6 is 11.8 Å². The van der Waals surface area contributed by atoms with Crippen LogP contribution < -0.4 is 32.7 Å². The lowest BCUT2D eigenvalue weighted by Crippen LogP contribution is -2.43. The average molecular weight is 523 g/mol. The molecule has 0 spiro atoms. The van der Waals surface area contributed by atoms with Crippen molar-refractivity contribution in [3.63, 3.8) is 0 Å². The summed E-state index contributed by atoms with van der Waals surface area (Å²) in [6, 6.07) is -0.753. The molecule has 0 bridgehead atoms. The third kappa shape index (κ3) is 21.8. The zero-order chi connectivity index (χ0) is 26.3. The van der Waals surface area contributed by atoms with E-state index < -0.39 is 11.9 Å². The standard InChI is InChI=1S/C20H38N6O8S/c1-23-17(28)2-4-24-19(30)14-35-13-15(21)20(31)25-5-7-33-9-11-34-10-8-32-6-3-18(29)26-12-16(22)27/h15H,2-14,21H2,1H3,(H2,22,27)(H,23,28)(H,24,30)(H,25,31)(H,26,29)/t15-/m0/s1. The van der Waals surface area contributed by atoms with E-state index in [0.717, 1.165) is 0 Å². The molecule has 0 aliphatic heterocycles. The zero-order valence-corrected chi connectivity index (χ0v) is 20.9. The van der Waals surface area contributed by atoms with Gasteiger partial charge in [0.1, 0.15) is 0 Å². The van der Waals surface area contributed by atoms with Crippen LogP contribution in [0.3, 0.4) is 0 Å². The van der Waals surface area contributed by atoms with Gasteiger partial charge in [0.05, 0.1) is 58.0 Å². The van der Waals surface area contributed by atoms with Crippen LogP contribution in [0.4, 0.5) is 0 Å². The molecular weight excluding hydrogens is 484 g/mol. The van der Waals surface area contributed by atoms with Crippen LogP contribution in [-0.2, 0) is 38.2 Å². The SMILES string of the molecule is CNC(=O)CCNC(=O)CSC[C@H](N)C(=O)NCCOCCOCCOCCC(=O)NCC(N)=O. The monoisotopic (exact) mass is 522 g/mol. The number of primary amides is 1. The predicted molar refractivity (Wildman–Crippen MR) is 129 cm³/mol. The molecule has 202 valence electrons. The molecule has 0 rings (SSSR count). The number of nitrogens with one attached hydrogen (secondary N) is 4. The molecule has 1 atom stereocenters. The van der Waals surface area contributed by atoms with Crippen molar-refractivity contribution >= 4 is 41.3 Å². The molecule has 0 radical (unpaired) electrons. The van der Waals surface area contributed by atoms with Gasteiger partial charge in [0, 0.05) is 38.7 Å². The van der Waals surface area contributed by atoms with Crippen molar-refractivity contribution in [2.45, 2.75) is 18.9 Å². The molecule has 14 nitrogen and oxygen atoms in total.